The molecule has 0 saturated carbocycles. The number of sulfonamides is 1. The zero-order valence-corrected chi connectivity index (χ0v) is 20.0. The molecule has 13 heteroatoms. The zero-order valence-electron chi connectivity index (χ0n) is 19.1. The van der Waals surface area contributed by atoms with Crippen LogP contribution in [0.15, 0.2) is 65.7 Å². The molecule has 3 heterocycles. The normalized spacial score (nSPS) is 14.8. The van der Waals surface area contributed by atoms with E-state index < -0.39 is 33.9 Å². The summed E-state index contributed by atoms with van der Waals surface area (Å²) < 4.78 is 73.9. The highest BCUT2D eigenvalue weighted by atomic mass is 32.2. The van der Waals surface area contributed by atoms with Gasteiger partial charge in [-0.05, 0) is 54.6 Å². The predicted molar refractivity (Wildman–Crippen MR) is 127 cm³/mol. The van der Waals surface area contributed by atoms with Crippen molar-refractivity contribution in [1.29, 1.82) is 0 Å². The van der Waals surface area contributed by atoms with Crippen LogP contribution in [-0.4, -0.2) is 59.5 Å². The summed E-state index contributed by atoms with van der Waals surface area (Å²) in [6, 6.07) is 11.9. The summed E-state index contributed by atoms with van der Waals surface area (Å²) in [5.74, 6) is -1.17. The summed E-state index contributed by atoms with van der Waals surface area (Å²) in [4.78, 5) is 17.4. The average molecular weight is 532 g/mol. The zero-order chi connectivity index (χ0) is 26.2. The summed E-state index contributed by atoms with van der Waals surface area (Å²) in [6.45, 7) is 1.14. The van der Waals surface area contributed by atoms with Crippen molar-refractivity contribution in [1.82, 2.24) is 18.9 Å². The second-order valence-electron chi connectivity index (χ2n) is 8.16. The molecular weight excluding hydrogens is 511 g/mol. The number of rotatable bonds is 6. The van der Waals surface area contributed by atoms with Gasteiger partial charge in [-0.2, -0.15) is 9.40 Å². The number of fused-ring (bicyclic) bond motifs is 1. The van der Waals surface area contributed by atoms with Gasteiger partial charge in [0.15, 0.2) is 5.65 Å². The fourth-order valence-corrected chi connectivity index (χ4v) is 5.32. The first-order valence-corrected chi connectivity index (χ1v) is 12.6. The largest absolute Gasteiger partial charge is 0.379 e. The lowest BCUT2D eigenvalue weighted by atomic mass is 10.1. The van der Waals surface area contributed by atoms with Crippen LogP contribution in [-0.2, 0) is 14.8 Å². The van der Waals surface area contributed by atoms with E-state index in [2.05, 4.69) is 15.4 Å². The number of nitrogens with one attached hydrogen (secondary N) is 1. The van der Waals surface area contributed by atoms with E-state index >= 15 is 0 Å². The van der Waals surface area contributed by atoms with Crippen LogP contribution in [0.4, 0.5) is 18.9 Å². The number of hydrogen-bond donors (Lipinski definition) is 1. The second kappa shape index (κ2) is 9.92. The van der Waals surface area contributed by atoms with Crippen LogP contribution >= 0.6 is 0 Å². The third-order valence-electron chi connectivity index (χ3n) is 5.83. The molecule has 1 N–H and O–H groups in total. The Morgan fingerprint density at radius 2 is 1.70 bits per heavy atom. The van der Waals surface area contributed by atoms with E-state index in [1.807, 2.05) is 0 Å². The van der Waals surface area contributed by atoms with Crippen molar-refractivity contribution in [3.8, 4) is 11.3 Å². The fourth-order valence-electron chi connectivity index (χ4n) is 3.91. The topological polar surface area (TPSA) is 106 Å². The number of hydrogen-bond acceptors (Lipinski definition) is 6. The molecule has 0 spiro atoms. The third kappa shape index (κ3) is 4.92. The van der Waals surface area contributed by atoms with E-state index in [4.69, 9.17) is 4.74 Å². The molecule has 1 aliphatic rings. The van der Waals surface area contributed by atoms with Crippen LogP contribution in [0.2, 0.25) is 0 Å². The predicted octanol–water partition coefficient (Wildman–Crippen LogP) is 3.75. The van der Waals surface area contributed by atoms with E-state index in [1.54, 1.807) is 0 Å². The number of alkyl halides is 2. The van der Waals surface area contributed by atoms with Gasteiger partial charge in [-0.25, -0.2) is 31.1 Å². The van der Waals surface area contributed by atoms with Crippen molar-refractivity contribution in [2.24, 2.45) is 0 Å². The van der Waals surface area contributed by atoms with E-state index in [1.165, 1.54) is 52.8 Å². The number of carbonyl (C=O) groups excluding carboxylic acids is 1. The molecule has 9 nitrogen and oxygen atoms in total. The van der Waals surface area contributed by atoms with Crippen molar-refractivity contribution in [2.75, 3.05) is 31.6 Å². The van der Waals surface area contributed by atoms with Gasteiger partial charge >= 0.3 is 0 Å². The number of ether oxygens (including phenoxy) is 1. The maximum atomic E-state index is 13.8. The lowest BCUT2D eigenvalue weighted by Gasteiger charge is -2.26. The standard InChI is InChI=1S/C24H20F3N5O4S/c25-16-3-1-15(2-4-16)20-13-21(22(26)27)32-23(30-20)19(14-28-32)24(33)29-17-5-7-18(8-6-17)37(34,35)31-9-11-36-12-10-31/h1-8,13-14,22H,9-12H2,(H,29,33). The van der Waals surface area contributed by atoms with Gasteiger partial charge < -0.3 is 10.1 Å². The maximum Gasteiger partial charge on any atom is 0.280 e. The Bertz CT molecular complexity index is 1550. The minimum Gasteiger partial charge on any atom is -0.379 e. The molecule has 192 valence electrons. The minimum absolute atomic E-state index is 0.0653. The number of halogens is 3. The van der Waals surface area contributed by atoms with Gasteiger partial charge in [0, 0.05) is 24.3 Å². The van der Waals surface area contributed by atoms with Crippen LogP contribution in [0.3, 0.4) is 0 Å². The molecule has 5 rings (SSSR count). The average Bonchev–Trinajstić information content (AvgIpc) is 3.33. The number of morpholine rings is 1. The number of benzene rings is 2. The monoisotopic (exact) mass is 531 g/mol. The number of amides is 1. The molecular formula is C24H20F3N5O4S. The SMILES string of the molecule is O=C(Nc1ccc(S(=O)(=O)N2CCOCC2)cc1)c1cnn2c(C(F)F)cc(-c3ccc(F)cc3)nc12. The van der Waals surface area contributed by atoms with Crippen LogP contribution in [0.1, 0.15) is 22.5 Å². The lowest BCUT2D eigenvalue weighted by molar-refractivity contribution is 0.0730. The van der Waals surface area contributed by atoms with E-state index in [0.29, 0.717) is 18.8 Å². The third-order valence-corrected chi connectivity index (χ3v) is 7.74. The molecule has 0 radical (unpaired) electrons. The Kier molecular flexibility index (Phi) is 6.67. The van der Waals surface area contributed by atoms with Crippen molar-refractivity contribution < 1.29 is 31.1 Å². The molecule has 2 aromatic heterocycles. The Balaban J connectivity index is 1.43. The lowest BCUT2D eigenvalue weighted by Crippen LogP contribution is -2.40. The molecule has 0 aliphatic carbocycles. The number of nitrogens with zero attached hydrogens (tertiary/aromatic N) is 4. The van der Waals surface area contributed by atoms with Crippen LogP contribution in [0.5, 0.6) is 0 Å². The van der Waals surface area contributed by atoms with Gasteiger partial charge in [0.2, 0.25) is 10.0 Å². The molecule has 0 atom stereocenters. The van der Waals surface area contributed by atoms with E-state index in [9.17, 15) is 26.4 Å². The quantitative estimate of drug-likeness (QED) is 0.406. The van der Waals surface area contributed by atoms with Crippen molar-refractivity contribution in [3.05, 3.63) is 77.9 Å². The number of anilines is 1. The fraction of sp³-hybridized carbons (Fsp3) is 0.208. The van der Waals surface area contributed by atoms with Crippen LogP contribution in [0.25, 0.3) is 16.9 Å². The highest BCUT2D eigenvalue weighted by Crippen LogP contribution is 2.27. The highest BCUT2D eigenvalue weighted by molar-refractivity contribution is 7.89. The summed E-state index contributed by atoms with van der Waals surface area (Å²) in [5.41, 5.74) is 0.123. The van der Waals surface area contributed by atoms with Crippen molar-refractivity contribution in [2.45, 2.75) is 11.3 Å². The molecule has 1 fully saturated rings. The van der Waals surface area contributed by atoms with Gasteiger partial charge in [-0.1, -0.05) is 0 Å². The second-order valence-corrected chi connectivity index (χ2v) is 10.1. The number of aromatic nitrogens is 3. The Hall–Kier alpha value is -3.81. The van der Waals surface area contributed by atoms with Crippen LogP contribution < -0.4 is 5.32 Å². The molecule has 1 aliphatic heterocycles. The van der Waals surface area contributed by atoms with Gasteiger partial charge in [-0.3, -0.25) is 4.79 Å². The van der Waals surface area contributed by atoms with Gasteiger partial charge in [0.1, 0.15) is 17.1 Å². The molecule has 1 amide bonds. The molecule has 37 heavy (non-hydrogen) atoms. The highest BCUT2D eigenvalue weighted by Gasteiger charge is 2.26. The Morgan fingerprint density at radius 1 is 1.03 bits per heavy atom. The smallest absolute Gasteiger partial charge is 0.280 e. The molecule has 1 saturated heterocycles. The minimum atomic E-state index is -3.70. The molecule has 0 unspecified atom stereocenters. The summed E-state index contributed by atoms with van der Waals surface area (Å²) in [6.07, 6.45) is -1.80. The molecule has 4 aromatic rings. The summed E-state index contributed by atoms with van der Waals surface area (Å²) in [7, 11) is -3.70. The van der Waals surface area contributed by atoms with Gasteiger partial charge in [0.05, 0.1) is 30.0 Å². The first kappa shape index (κ1) is 24.9. The van der Waals surface area contributed by atoms with Gasteiger partial charge in [0.25, 0.3) is 12.3 Å². The molecule has 2 aromatic carbocycles. The van der Waals surface area contributed by atoms with Crippen molar-refractivity contribution >= 4 is 27.3 Å². The van der Waals surface area contributed by atoms with Gasteiger partial charge in [-0.15, -0.1) is 0 Å². The first-order chi connectivity index (χ1) is 17.7. The maximum absolute atomic E-state index is 13.8. The van der Waals surface area contributed by atoms with Crippen LogP contribution in [0, 0.1) is 5.82 Å². The summed E-state index contributed by atoms with van der Waals surface area (Å²) in [5, 5.41) is 6.52. The Labute approximate surface area is 209 Å². The first-order valence-electron chi connectivity index (χ1n) is 11.2. The van der Waals surface area contributed by atoms with E-state index in [0.717, 1.165) is 16.8 Å². The number of carbonyl (C=O) groups is 1. The molecule has 0 bridgehead atoms. The van der Waals surface area contributed by atoms with E-state index in [-0.39, 0.29) is 40.6 Å². The van der Waals surface area contributed by atoms with Crippen molar-refractivity contribution in [3.63, 3.8) is 0 Å². The summed E-state index contributed by atoms with van der Waals surface area (Å²) >= 11 is 0. The Morgan fingerprint density at radius 3 is 2.35 bits per heavy atom.